The fourth-order valence-electron chi connectivity index (χ4n) is 2.97. The van der Waals surface area contributed by atoms with Crippen LogP contribution in [0.5, 0.6) is 0 Å². The second-order valence-electron chi connectivity index (χ2n) is 6.74. The first-order chi connectivity index (χ1) is 13.6. The number of nitrogens with zero attached hydrogens (tertiary/aromatic N) is 2. The average molecular weight is 441 g/mol. The van der Waals surface area contributed by atoms with E-state index in [-0.39, 0.29) is 10.7 Å². The van der Waals surface area contributed by atoms with Crippen molar-refractivity contribution < 1.29 is 22.7 Å². The van der Waals surface area contributed by atoms with Gasteiger partial charge in [-0.15, -0.1) is 0 Å². The monoisotopic (exact) mass is 440 g/mol. The second kappa shape index (κ2) is 9.56. The number of sulfonamides is 1. The third-order valence-corrected chi connectivity index (χ3v) is 6.63. The van der Waals surface area contributed by atoms with Crippen LogP contribution in [0.2, 0.25) is 5.02 Å². The number of aryl methyl sites for hydroxylation is 1. The summed E-state index contributed by atoms with van der Waals surface area (Å²) in [6.45, 7) is 5.68. The van der Waals surface area contributed by atoms with Crippen LogP contribution in [0.1, 0.15) is 35.1 Å². The van der Waals surface area contributed by atoms with E-state index in [4.69, 9.17) is 16.3 Å². The van der Waals surface area contributed by atoms with E-state index >= 15 is 0 Å². The number of aromatic nitrogens is 1. The Kier molecular flexibility index (Phi) is 7.62. The molecule has 29 heavy (non-hydrogen) atoms. The second-order valence-corrected chi connectivity index (χ2v) is 9.22. The molecule has 0 spiro atoms. The van der Waals surface area contributed by atoms with Crippen molar-refractivity contribution in [2.75, 3.05) is 20.2 Å². The molecule has 0 aliphatic rings. The molecule has 0 saturated heterocycles. The third kappa shape index (κ3) is 5.46. The van der Waals surface area contributed by atoms with Gasteiger partial charge in [0, 0.05) is 35.6 Å². The lowest BCUT2D eigenvalue weighted by atomic mass is 10.1. The Bertz CT molecular complexity index is 997. The minimum absolute atomic E-state index is 0.0108. The molecular formula is C20H25ClN2O5S. The van der Waals surface area contributed by atoms with Crippen LogP contribution in [0.15, 0.2) is 35.2 Å². The summed E-state index contributed by atoms with van der Waals surface area (Å²) in [6.07, 6.45) is 0.938. The number of hydrogen-bond acceptors (Lipinski definition) is 5. The Hall–Kier alpha value is -2.16. The maximum Gasteiger partial charge on any atom is 0.321 e. The lowest BCUT2D eigenvalue weighted by Crippen LogP contribution is -2.33. The van der Waals surface area contributed by atoms with Gasteiger partial charge in [-0.3, -0.25) is 9.59 Å². The standard InChI is InChI=1S/C20H25ClN2O5S/c1-5-10-23-14(2)11-18(15(23)3)19(24)13-28-20(25)12-22(4)29(26,27)17-8-6-16(21)7-9-17/h6-9,11H,5,10,12-13H2,1-4H3. The van der Waals surface area contributed by atoms with E-state index in [0.29, 0.717) is 10.6 Å². The van der Waals surface area contributed by atoms with Crippen molar-refractivity contribution in [3.63, 3.8) is 0 Å². The number of esters is 1. The average Bonchev–Trinajstić information content (AvgIpc) is 2.95. The number of carbonyl (C=O) groups excluding carboxylic acids is 2. The van der Waals surface area contributed by atoms with Gasteiger partial charge >= 0.3 is 5.97 Å². The Morgan fingerprint density at radius 3 is 2.38 bits per heavy atom. The van der Waals surface area contributed by atoms with Crippen LogP contribution in [-0.2, 0) is 26.1 Å². The van der Waals surface area contributed by atoms with E-state index < -0.39 is 29.1 Å². The first-order valence-electron chi connectivity index (χ1n) is 9.15. The van der Waals surface area contributed by atoms with Crippen molar-refractivity contribution >= 4 is 33.4 Å². The van der Waals surface area contributed by atoms with Crippen molar-refractivity contribution in [3.8, 4) is 0 Å². The minimum Gasteiger partial charge on any atom is -0.456 e. The van der Waals surface area contributed by atoms with Crippen LogP contribution in [0.4, 0.5) is 0 Å². The third-order valence-electron chi connectivity index (χ3n) is 4.56. The molecule has 1 aromatic heterocycles. The van der Waals surface area contributed by atoms with Gasteiger partial charge in [-0.2, -0.15) is 4.31 Å². The van der Waals surface area contributed by atoms with E-state index in [0.717, 1.165) is 28.7 Å². The highest BCUT2D eigenvalue weighted by Gasteiger charge is 2.24. The number of carbonyl (C=O) groups is 2. The van der Waals surface area contributed by atoms with Crippen LogP contribution in [0.3, 0.4) is 0 Å². The van der Waals surface area contributed by atoms with Crippen LogP contribution in [-0.4, -0.2) is 49.2 Å². The van der Waals surface area contributed by atoms with Crippen molar-refractivity contribution in [1.29, 1.82) is 0 Å². The molecule has 0 saturated carbocycles. The topological polar surface area (TPSA) is 85.7 Å². The van der Waals surface area contributed by atoms with Gasteiger partial charge in [0.15, 0.2) is 6.61 Å². The number of halogens is 1. The first-order valence-corrected chi connectivity index (χ1v) is 11.0. The van der Waals surface area contributed by atoms with Gasteiger partial charge in [0.2, 0.25) is 15.8 Å². The molecule has 9 heteroatoms. The summed E-state index contributed by atoms with van der Waals surface area (Å²) in [5.74, 6) is -1.13. The van der Waals surface area contributed by atoms with E-state index in [2.05, 4.69) is 6.92 Å². The predicted octanol–water partition coefficient (Wildman–Crippen LogP) is 3.21. The van der Waals surface area contributed by atoms with Gasteiger partial charge in [0.25, 0.3) is 0 Å². The summed E-state index contributed by atoms with van der Waals surface area (Å²) >= 11 is 5.77. The quantitative estimate of drug-likeness (QED) is 0.441. The number of Topliss-reactive ketones (excluding diaryl/α,β-unsaturated/α-hetero) is 1. The number of ketones is 1. The normalized spacial score (nSPS) is 11.7. The number of likely N-dealkylation sites (N-methyl/N-ethyl adjacent to an activating group) is 1. The summed E-state index contributed by atoms with van der Waals surface area (Å²) in [7, 11) is -2.60. The van der Waals surface area contributed by atoms with Crippen molar-refractivity contribution in [1.82, 2.24) is 8.87 Å². The highest BCUT2D eigenvalue weighted by molar-refractivity contribution is 7.89. The SMILES string of the molecule is CCCn1c(C)cc(C(=O)COC(=O)CN(C)S(=O)(=O)c2ccc(Cl)cc2)c1C. The number of benzene rings is 1. The van der Waals surface area contributed by atoms with E-state index in [9.17, 15) is 18.0 Å². The molecule has 158 valence electrons. The van der Waals surface area contributed by atoms with Gasteiger partial charge in [-0.1, -0.05) is 18.5 Å². The smallest absolute Gasteiger partial charge is 0.321 e. The molecule has 0 fully saturated rings. The Morgan fingerprint density at radius 2 is 1.79 bits per heavy atom. The van der Waals surface area contributed by atoms with Crippen LogP contribution < -0.4 is 0 Å². The van der Waals surface area contributed by atoms with Crippen molar-refractivity contribution in [3.05, 3.63) is 52.3 Å². The van der Waals surface area contributed by atoms with E-state index in [1.54, 1.807) is 6.07 Å². The Morgan fingerprint density at radius 1 is 1.17 bits per heavy atom. The van der Waals surface area contributed by atoms with Gasteiger partial charge in [-0.05, 0) is 50.6 Å². The summed E-state index contributed by atoms with van der Waals surface area (Å²) < 4.78 is 32.9. The number of hydrogen-bond donors (Lipinski definition) is 0. The van der Waals surface area contributed by atoms with Crippen molar-refractivity contribution in [2.45, 2.75) is 38.6 Å². The molecule has 0 atom stereocenters. The molecule has 0 N–H and O–H groups in total. The lowest BCUT2D eigenvalue weighted by molar-refractivity contribution is -0.142. The van der Waals surface area contributed by atoms with Crippen LogP contribution in [0.25, 0.3) is 0 Å². The summed E-state index contributed by atoms with van der Waals surface area (Å²) in [5.41, 5.74) is 2.30. The highest BCUT2D eigenvalue weighted by atomic mass is 35.5. The van der Waals surface area contributed by atoms with Crippen LogP contribution >= 0.6 is 11.6 Å². The largest absolute Gasteiger partial charge is 0.456 e. The van der Waals surface area contributed by atoms with Crippen molar-refractivity contribution in [2.24, 2.45) is 0 Å². The fourth-order valence-corrected chi connectivity index (χ4v) is 4.22. The molecule has 7 nitrogen and oxygen atoms in total. The van der Waals surface area contributed by atoms with E-state index in [1.165, 1.54) is 31.3 Å². The zero-order valence-corrected chi connectivity index (χ0v) is 18.5. The summed E-state index contributed by atoms with van der Waals surface area (Å²) in [5, 5.41) is 0.405. The van der Waals surface area contributed by atoms with Gasteiger partial charge in [0.05, 0.1) is 4.90 Å². The van der Waals surface area contributed by atoms with Gasteiger partial charge in [0.1, 0.15) is 6.54 Å². The zero-order valence-electron chi connectivity index (χ0n) is 16.9. The maximum absolute atomic E-state index is 12.5. The van der Waals surface area contributed by atoms with Crippen LogP contribution in [0, 0.1) is 13.8 Å². The lowest BCUT2D eigenvalue weighted by Gasteiger charge is -2.16. The molecule has 0 aliphatic heterocycles. The molecule has 2 aromatic rings. The molecule has 0 bridgehead atoms. The Balaban J connectivity index is 1.98. The highest BCUT2D eigenvalue weighted by Crippen LogP contribution is 2.18. The molecule has 1 aromatic carbocycles. The molecule has 2 rings (SSSR count). The summed E-state index contributed by atoms with van der Waals surface area (Å²) in [4.78, 5) is 24.5. The number of rotatable bonds is 9. The Labute approximate surface area is 176 Å². The van der Waals surface area contributed by atoms with Gasteiger partial charge in [-0.25, -0.2) is 8.42 Å². The fraction of sp³-hybridized carbons (Fsp3) is 0.400. The molecule has 1 heterocycles. The summed E-state index contributed by atoms with van der Waals surface area (Å²) in [6, 6.07) is 7.39. The van der Waals surface area contributed by atoms with E-state index in [1.807, 2.05) is 18.4 Å². The minimum atomic E-state index is -3.87. The maximum atomic E-state index is 12.5. The first kappa shape index (κ1) is 23.1. The number of ether oxygens (including phenoxy) is 1. The molecule has 0 amide bonds. The molecular weight excluding hydrogens is 416 g/mol. The van der Waals surface area contributed by atoms with Gasteiger partial charge < -0.3 is 9.30 Å². The molecule has 0 aliphatic carbocycles. The molecule has 0 unspecified atom stereocenters. The predicted molar refractivity (Wildman–Crippen MR) is 111 cm³/mol. The zero-order chi connectivity index (χ0) is 21.8. The molecule has 0 radical (unpaired) electrons.